The van der Waals surface area contributed by atoms with Crippen molar-refractivity contribution in [1.29, 1.82) is 5.41 Å². The van der Waals surface area contributed by atoms with Crippen LogP contribution in [0.15, 0.2) is 59.5 Å². The summed E-state index contributed by atoms with van der Waals surface area (Å²) in [6.45, 7) is 0. The molecule has 2 rings (SSSR count). The van der Waals surface area contributed by atoms with E-state index in [1.54, 1.807) is 12.1 Å². The van der Waals surface area contributed by atoms with Crippen molar-refractivity contribution in [2.45, 2.75) is 4.90 Å². The average molecular weight is 277 g/mol. The number of rotatable bonds is 3. The van der Waals surface area contributed by atoms with Crippen molar-refractivity contribution in [1.82, 2.24) is 0 Å². The summed E-state index contributed by atoms with van der Waals surface area (Å²) < 4.78 is 26.8. The molecule has 0 spiro atoms. The summed E-state index contributed by atoms with van der Waals surface area (Å²) in [4.78, 5) is 8.63. The van der Waals surface area contributed by atoms with Gasteiger partial charge in [0.1, 0.15) is 11.5 Å². The lowest BCUT2D eigenvalue weighted by Gasteiger charge is -2.04. The number of ether oxygens (including phenoxy) is 1. The van der Waals surface area contributed by atoms with Crippen LogP contribution in [0.2, 0.25) is 0 Å². The van der Waals surface area contributed by atoms with Crippen LogP contribution in [0.3, 0.4) is 0 Å². The number of carbonyl (C=O) groups excluding carboxylic acids is 1. The maximum atomic E-state index is 10.7. The Kier molecular flexibility index (Phi) is 6.02. The second-order valence-electron chi connectivity index (χ2n) is 3.27. The molecule has 1 N–H and O–H groups in total. The van der Waals surface area contributed by atoms with E-state index in [1.807, 2.05) is 30.3 Å². The fourth-order valence-corrected chi connectivity index (χ4v) is 1.65. The first kappa shape index (κ1) is 14.6. The van der Waals surface area contributed by atoms with E-state index in [4.69, 9.17) is 14.9 Å². The van der Waals surface area contributed by atoms with E-state index in [1.165, 1.54) is 12.1 Å². The maximum Gasteiger partial charge on any atom is 0.231 e. The molecule has 0 heterocycles. The number of thiol groups is 1. The monoisotopic (exact) mass is 277 g/mol. The fourth-order valence-electron chi connectivity index (χ4n) is 1.26. The topological polar surface area (TPSA) is 84.3 Å². The zero-order valence-electron chi connectivity index (χ0n) is 9.78. The van der Waals surface area contributed by atoms with Gasteiger partial charge in [-0.05, 0) is 36.4 Å². The predicted molar refractivity (Wildman–Crippen MR) is 70.0 cm³/mol. The molecule has 0 aromatic heterocycles. The van der Waals surface area contributed by atoms with Crippen LogP contribution in [0, 0.1) is 5.41 Å². The molecule has 0 unspecified atom stereocenters. The SMILES string of the molecule is N=C=O.O=[SH](=O)c1ccc(Oc2ccccc2)cc1. The van der Waals surface area contributed by atoms with E-state index in [2.05, 4.69) is 0 Å². The minimum Gasteiger partial charge on any atom is -0.457 e. The molecule has 0 amide bonds. The van der Waals surface area contributed by atoms with Crippen molar-refractivity contribution in [3.05, 3.63) is 54.6 Å². The van der Waals surface area contributed by atoms with Gasteiger partial charge in [0.05, 0.1) is 4.90 Å². The van der Waals surface area contributed by atoms with Crippen LogP contribution in [0.5, 0.6) is 11.5 Å². The zero-order valence-corrected chi connectivity index (χ0v) is 10.7. The maximum absolute atomic E-state index is 10.7. The van der Waals surface area contributed by atoms with Gasteiger partial charge in [-0.25, -0.2) is 18.6 Å². The first-order valence-corrected chi connectivity index (χ1v) is 6.36. The van der Waals surface area contributed by atoms with Crippen molar-refractivity contribution >= 4 is 16.8 Å². The van der Waals surface area contributed by atoms with Crippen molar-refractivity contribution in [2.24, 2.45) is 0 Å². The summed E-state index contributed by atoms with van der Waals surface area (Å²) in [5.74, 6) is 1.34. The molecule has 0 aliphatic carbocycles. The lowest BCUT2D eigenvalue weighted by atomic mass is 10.3. The lowest BCUT2D eigenvalue weighted by Crippen LogP contribution is -1.84. The molecule has 0 aliphatic rings. The smallest absolute Gasteiger partial charge is 0.231 e. The Bertz CT molecular complexity index is 607. The van der Waals surface area contributed by atoms with Gasteiger partial charge in [-0.2, -0.15) is 0 Å². The zero-order chi connectivity index (χ0) is 14.1. The van der Waals surface area contributed by atoms with Crippen LogP contribution in [0.1, 0.15) is 0 Å². The highest BCUT2D eigenvalue weighted by molar-refractivity contribution is 7.72. The van der Waals surface area contributed by atoms with Gasteiger partial charge in [-0.1, -0.05) is 18.2 Å². The summed E-state index contributed by atoms with van der Waals surface area (Å²) in [6.07, 6.45) is 0.750. The van der Waals surface area contributed by atoms with Crippen molar-refractivity contribution in [2.75, 3.05) is 0 Å². The first-order valence-electron chi connectivity index (χ1n) is 5.18. The van der Waals surface area contributed by atoms with Crippen molar-refractivity contribution in [3.8, 4) is 11.5 Å². The van der Waals surface area contributed by atoms with Gasteiger partial charge in [0.2, 0.25) is 6.08 Å². The Hall–Kier alpha value is -2.43. The molecule has 98 valence electrons. The van der Waals surface area contributed by atoms with Crippen LogP contribution in [0.25, 0.3) is 0 Å². The number of hydrogen-bond donors (Lipinski definition) is 2. The van der Waals surface area contributed by atoms with E-state index < -0.39 is 10.7 Å². The van der Waals surface area contributed by atoms with E-state index in [-0.39, 0.29) is 4.90 Å². The molecule has 0 radical (unpaired) electrons. The predicted octanol–water partition coefficient (Wildman–Crippen LogP) is 2.35. The molecule has 2 aromatic carbocycles. The summed E-state index contributed by atoms with van der Waals surface area (Å²) in [7, 11) is -2.52. The van der Waals surface area contributed by atoms with Gasteiger partial charge < -0.3 is 4.74 Å². The summed E-state index contributed by atoms with van der Waals surface area (Å²) in [6, 6.07) is 15.6. The molecular formula is C13H11NO4S. The Labute approximate surface area is 111 Å². The van der Waals surface area contributed by atoms with Crippen molar-refractivity contribution < 1.29 is 17.9 Å². The third kappa shape index (κ3) is 5.16. The van der Waals surface area contributed by atoms with E-state index in [0.717, 1.165) is 11.8 Å². The second-order valence-corrected chi connectivity index (χ2v) is 4.30. The molecular weight excluding hydrogens is 266 g/mol. The van der Waals surface area contributed by atoms with Gasteiger partial charge in [0, 0.05) is 0 Å². The number of nitrogens with one attached hydrogen (secondary N) is 1. The van der Waals surface area contributed by atoms with Gasteiger partial charge in [-0.3, -0.25) is 0 Å². The Morgan fingerprint density at radius 1 is 0.895 bits per heavy atom. The van der Waals surface area contributed by atoms with Gasteiger partial charge in [-0.15, -0.1) is 0 Å². The van der Waals surface area contributed by atoms with Crippen LogP contribution >= 0.6 is 0 Å². The highest BCUT2D eigenvalue weighted by atomic mass is 32.2. The van der Waals surface area contributed by atoms with Crippen LogP contribution in [0.4, 0.5) is 0 Å². The number of hydrogen-bond acceptors (Lipinski definition) is 5. The number of isocyanates is 1. The van der Waals surface area contributed by atoms with Crippen LogP contribution < -0.4 is 4.74 Å². The molecule has 5 nitrogen and oxygen atoms in total. The molecule has 0 aliphatic heterocycles. The summed E-state index contributed by atoms with van der Waals surface area (Å²) in [5.41, 5.74) is 0. The van der Waals surface area contributed by atoms with Crippen LogP contribution in [-0.2, 0) is 15.5 Å². The molecule has 19 heavy (non-hydrogen) atoms. The first-order chi connectivity index (χ1) is 9.17. The molecule has 6 heteroatoms. The number of para-hydroxylation sites is 1. The lowest BCUT2D eigenvalue weighted by molar-refractivity contribution is 0.482. The average Bonchev–Trinajstić information content (AvgIpc) is 2.41. The van der Waals surface area contributed by atoms with Crippen molar-refractivity contribution in [3.63, 3.8) is 0 Å². The molecule has 2 aromatic rings. The number of benzene rings is 2. The minimum atomic E-state index is -2.52. The van der Waals surface area contributed by atoms with Crippen LogP contribution in [-0.4, -0.2) is 14.5 Å². The highest BCUT2D eigenvalue weighted by Gasteiger charge is 1.98. The molecule has 0 bridgehead atoms. The Balaban J connectivity index is 0.000000550. The minimum absolute atomic E-state index is 0.287. The van der Waals surface area contributed by atoms with E-state index >= 15 is 0 Å². The normalized spacial score (nSPS) is 9.11. The fraction of sp³-hybridized carbons (Fsp3) is 0. The van der Waals surface area contributed by atoms with E-state index in [0.29, 0.717) is 5.75 Å². The second kappa shape index (κ2) is 7.81. The molecule has 0 fully saturated rings. The third-order valence-electron chi connectivity index (χ3n) is 2.03. The van der Waals surface area contributed by atoms with Gasteiger partial charge >= 0.3 is 0 Å². The third-order valence-corrected chi connectivity index (χ3v) is 2.75. The van der Waals surface area contributed by atoms with Gasteiger partial charge in [0.15, 0.2) is 10.7 Å². The quantitative estimate of drug-likeness (QED) is 0.512. The van der Waals surface area contributed by atoms with E-state index in [9.17, 15) is 8.42 Å². The molecule has 0 saturated heterocycles. The summed E-state index contributed by atoms with van der Waals surface area (Å²) >= 11 is 0. The Morgan fingerprint density at radius 2 is 1.37 bits per heavy atom. The molecule has 0 atom stereocenters. The summed E-state index contributed by atoms with van der Waals surface area (Å²) in [5, 5.41) is 5.40. The Morgan fingerprint density at radius 3 is 1.84 bits per heavy atom. The van der Waals surface area contributed by atoms with Gasteiger partial charge in [0.25, 0.3) is 0 Å². The highest BCUT2D eigenvalue weighted by Crippen LogP contribution is 2.21. The standard InChI is InChI=1S/C12H10O3S.CHNO/c13-16(14)12-8-6-11(7-9-12)15-10-4-2-1-3-5-10;2-1-3/h1-9,16H;2H. The largest absolute Gasteiger partial charge is 0.457 e. The molecule has 0 saturated carbocycles.